The van der Waals surface area contributed by atoms with Gasteiger partial charge in [-0.1, -0.05) is 35.9 Å². The zero-order valence-corrected chi connectivity index (χ0v) is 18.7. The molecule has 1 aromatic heterocycles. The number of halogens is 1. The predicted octanol–water partition coefficient (Wildman–Crippen LogP) is 4.26. The summed E-state index contributed by atoms with van der Waals surface area (Å²) in [5.74, 6) is 0.152. The summed E-state index contributed by atoms with van der Waals surface area (Å²) in [5.41, 5.74) is 5.45. The highest BCUT2D eigenvalue weighted by Crippen LogP contribution is 2.26. The van der Waals surface area contributed by atoms with E-state index in [1.165, 1.54) is 0 Å². The largest absolute Gasteiger partial charge is 0.369 e. The highest BCUT2D eigenvalue weighted by molar-refractivity contribution is 7.72. The Balaban J connectivity index is 1.42. The summed E-state index contributed by atoms with van der Waals surface area (Å²) in [6, 6.07) is 18.4. The summed E-state index contributed by atoms with van der Waals surface area (Å²) >= 11 is 6.33. The SMILES string of the molecule is O=[SH](=O)CN1CCN(c2ccc(/C=C/c3cc(Cl)cc(-c4ccncc4)c3)cc2)CC1. The molecule has 160 valence electrons. The summed E-state index contributed by atoms with van der Waals surface area (Å²) in [7, 11) is -2.35. The van der Waals surface area contributed by atoms with Crippen LogP contribution in [0, 0.1) is 0 Å². The van der Waals surface area contributed by atoms with Crippen molar-refractivity contribution in [2.45, 2.75) is 0 Å². The number of pyridine rings is 1. The summed E-state index contributed by atoms with van der Waals surface area (Å²) < 4.78 is 21.8. The molecule has 7 heteroatoms. The molecule has 31 heavy (non-hydrogen) atoms. The third-order valence-electron chi connectivity index (χ3n) is 5.35. The van der Waals surface area contributed by atoms with Crippen molar-refractivity contribution < 1.29 is 8.42 Å². The Kier molecular flexibility index (Phi) is 7.02. The van der Waals surface area contributed by atoms with Gasteiger partial charge < -0.3 is 4.90 Å². The van der Waals surface area contributed by atoms with Crippen LogP contribution in [0.3, 0.4) is 0 Å². The minimum Gasteiger partial charge on any atom is -0.369 e. The molecule has 1 fully saturated rings. The number of rotatable bonds is 6. The van der Waals surface area contributed by atoms with E-state index in [2.05, 4.69) is 52.4 Å². The Morgan fingerprint density at radius 3 is 2.19 bits per heavy atom. The lowest BCUT2D eigenvalue weighted by Gasteiger charge is -2.35. The molecule has 5 nitrogen and oxygen atoms in total. The maximum Gasteiger partial charge on any atom is 0.153 e. The Morgan fingerprint density at radius 2 is 1.52 bits per heavy atom. The van der Waals surface area contributed by atoms with Crippen LogP contribution in [0.5, 0.6) is 0 Å². The van der Waals surface area contributed by atoms with E-state index >= 15 is 0 Å². The van der Waals surface area contributed by atoms with Crippen LogP contribution in [0.2, 0.25) is 5.02 Å². The van der Waals surface area contributed by atoms with E-state index in [4.69, 9.17) is 11.6 Å². The maximum absolute atomic E-state index is 10.9. The van der Waals surface area contributed by atoms with Crippen LogP contribution in [0.4, 0.5) is 5.69 Å². The van der Waals surface area contributed by atoms with Gasteiger partial charge in [0, 0.05) is 49.3 Å². The summed E-state index contributed by atoms with van der Waals surface area (Å²) in [5, 5.41) is 0.699. The van der Waals surface area contributed by atoms with E-state index in [9.17, 15) is 8.42 Å². The second-order valence-corrected chi connectivity index (χ2v) is 8.90. The molecule has 2 heterocycles. The Hall–Kier alpha value is -2.67. The molecule has 0 radical (unpaired) electrons. The molecular weight excluding hydrogens is 430 g/mol. The molecule has 0 atom stereocenters. The fraction of sp³-hybridized carbons (Fsp3) is 0.208. The molecular formula is C24H24ClN3O2S. The fourth-order valence-electron chi connectivity index (χ4n) is 3.72. The third-order valence-corrected chi connectivity index (χ3v) is 6.20. The summed E-state index contributed by atoms with van der Waals surface area (Å²) in [6.07, 6.45) is 7.69. The van der Waals surface area contributed by atoms with Crippen molar-refractivity contribution in [2.75, 3.05) is 37.0 Å². The smallest absolute Gasteiger partial charge is 0.153 e. The van der Waals surface area contributed by atoms with Gasteiger partial charge in [0.1, 0.15) is 0 Å². The first-order chi connectivity index (χ1) is 15.1. The molecule has 0 spiro atoms. The van der Waals surface area contributed by atoms with E-state index in [1.54, 1.807) is 12.4 Å². The van der Waals surface area contributed by atoms with Gasteiger partial charge in [0.2, 0.25) is 0 Å². The van der Waals surface area contributed by atoms with Crippen molar-refractivity contribution in [1.29, 1.82) is 0 Å². The average Bonchev–Trinajstić information content (AvgIpc) is 2.78. The number of thiol groups is 1. The van der Waals surface area contributed by atoms with Gasteiger partial charge >= 0.3 is 0 Å². The molecule has 3 aromatic rings. The maximum atomic E-state index is 10.9. The molecule has 4 rings (SSSR count). The Labute approximate surface area is 189 Å². The van der Waals surface area contributed by atoms with Gasteiger partial charge in [-0.2, -0.15) is 0 Å². The zero-order valence-electron chi connectivity index (χ0n) is 17.0. The van der Waals surface area contributed by atoms with Crippen LogP contribution >= 0.6 is 11.6 Å². The second kappa shape index (κ2) is 10.1. The van der Waals surface area contributed by atoms with E-state index in [1.807, 2.05) is 29.2 Å². The van der Waals surface area contributed by atoms with Gasteiger partial charge in [-0.05, 0) is 64.7 Å². The van der Waals surface area contributed by atoms with Crippen molar-refractivity contribution in [3.63, 3.8) is 0 Å². The Morgan fingerprint density at radius 1 is 0.839 bits per heavy atom. The number of hydrogen-bond donors (Lipinski definition) is 1. The van der Waals surface area contributed by atoms with Gasteiger partial charge in [0.05, 0.1) is 5.88 Å². The van der Waals surface area contributed by atoms with Crippen molar-refractivity contribution >= 4 is 40.1 Å². The van der Waals surface area contributed by atoms with Gasteiger partial charge in [0.25, 0.3) is 0 Å². The normalized spacial score (nSPS) is 15.1. The predicted molar refractivity (Wildman–Crippen MR) is 129 cm³/mol. The summed E-state index contributed by atoms with van der Waals surface area (Å²) in [4.78, 5) is 8.34. The Bertz CT molecular complexity index is 1120. The lowest BCUT2D eigenvalue weighted by Crippen LogP contribution is -2.46. The lowest BCUT2D eigenvalue weighted by molar-refractivity contribution is 0.296. The van der Waals surface area contributed by atoms with Crippen LogP contribution in [0.25, 0.3) is 23.3 Å². The number of piperazine rings is 1. The minimum atomic E-state index is -2.35. The highest BCUT2D eigenvalue weighted by atomic mass is 35.5. The van der Waals surface area contributed by atoms with Crippen molar-refractivity contribution in [3.05, 3.63) is 83.1 Å². The molecule has 1 saturated heterocycles. The number of aromatic nitrogens is 1. The molecule has 1 aliphatic rings. The van der Waals surface area contributed by atoms with Crippen molar-refractivity contribution in [1.82, 2.24) is 9.88 Å². The second-order valence-electron chi connectivity index (χ2n) is 7.51. The van der Waals surface area contributed by atoms with Crippen molar-refractivity contribution in [2.24, 2.45) is 0 Å². The van der Waals surface area contributed by atoms with Crippen LogP contribution in [-0.4, -0.2) is 50.4 Å². The number of anilines is 1. The molecule has 0 saturated carbocycles. The lowest BCUT2D eigenvalue weighted by atomic mass is 10.0. The van der Waals surface area contributed by atoms with Gasteiger partial charge in [-0.3, -0.25) is 9.88 Å². The monoisotopic (exact) mass is 453 g/mol. The average molecular weight is 454 g/mol. The quantitative estimate of drug-likeness (QED) is 0.446. The van der Waals surface area contributed by atoms with Gasteiger partial charge in [-0.25, -0.2) is 8.42 Å². The van der Waals surface area contributed by atoms with E-state index in [0.29, 0.717) is 5.02 Å². The van der Waals surface area contributed by atoms with Crippen LogP contribution in [0.15, 0.2) is 67.0 Å². The van der Waals surface area contributed by atoms with Crippen molar-refractivity contribution in [3.8, 4) is 11.1 Å². The molecule has 0 unspecified atom stereocenters. The standard InChI is InChI=1S/C24H24ClN3O2S/c25-23-16-20(15-22(17-23)21-7-9-26-10-8-21)2-1-19-3-5-24(6-4-19)28-13-11-27(12-14-28)18-31(29)30/h1-10,15-17,31H,11-14,18H2/b2-1+. The minimum absolute atomic E-state index is 0.152. The molecule has 0 bridgehead atoms. The molecule has 0 N–H and O–H groups in total. The number of hydrogen-bond acceptors (Lipinski definition) is 5. The number of benzene rings is 2. The topological polar surface area (TPSA) is 53.5 Å². The first-order valence-corrected chi connectivity index (χ1v) is 11.9. The fourth-order valence-corrected chi connectivity index (χ4v) is 4.57. The first kappa shape index (κ1) is 21.6. The summed E-state index contributed by atoms with van der Waals surface area (Å²) in [6.45, 7) is 3.19. The van der Waals surface area contributed by atoms with E-state index in [0.717, 1.165) is 54.1 Å². The van der Waals surface area contributed by atoms with Crippen LogP contribution in [0.1, 0.15) is 11.1 Å². The molecule has 2 aromatic carbocycles. The van der Waals surface area contributed by atoms with E-state index in [-0.39, 0.29) is 5.88 Å². The highest BCUT2D eigenvalue weighted by Gasteiger charge is 2.17. The number of nitrogens with zero attached hydrogens (tertiary/aromatic N) is 3. The van der Waals surface area contributed by atoms with Crippen LogP contribution in [-0.2, 0) is 10.7 Å². The van der Waals surface area contributed by atoms with Gasteiger partial charge in [0.15, 0.2) is 10.7 Å². The zero-order chi connectivity index (χ0) is 21.6. The molecule has 0 aliphatic carbocycles. The van der Waals surface area contributed by atoms with Crippen LogP contribution < -0.4 is 4.90 Å². The first-order valence-electron chi connectivity index (χ1n) is 10.1. The molecule has 1 aliphatic heterocycles. The molecule has 0 amide bonds. The van der Waals surface area contributed by atoms with E-state index < -0.39 is 10.7 Å². The third kappa shape index (κ3) is 5.94. The van der Waals surface area contributed by atoms with Gasteiger partial charge in [-0.15, -0.1) is 0 Å².